The van der Waals surface area contributed by atoms with Crippen molar-refractivity contribution in [3.8, 4) is 0 Å². The van der Waals surface area contributed by atoms with Crippen molar-refractivity contribution >= 4 is 23.5 Å². The number of carboxylic acid groups (broad SMARTS) is 1. The van der Waals surface area contributed by atoms with Gasteiger partial charge in [0.15, 0.2) is 0 Å². The van der Waals surface area contributed by atoms with Gasteiger partial charge in [0, 0.05) is 12.4 Å². The van der Waals surface area contributed by atoms with E-state index in [0.717, 1.165) is 4.90 Å². The number of nitrogens with zero attached hydrogens (tertiary/aromatic N) is 2. The highest BCUT2D eigenvalue weighted by molar-refractivity contribution is 6.34. The van der Waals surface area contributed by atoms with E-state index in [1.807, 2.05) is 0 Å². The van der Waals surface area contributed by atoms with Gasteiger partial charge >= 0.3 is 5.97 Å². The van der Waals surface area contributed by atoms with Gasteiger partial charge in [0.2, 0.25) is 0 Å². The van der Waals surface area contributed by atoms with Gasteiger partial charge < -0.3 is 5.11 Å². The molecule has 20 heavy (non-hydrogen) atoms. The summed E-state index contributed by atoms with van der Waals surface area (Å²) in [7, 11) is 0. The molecule has 0 radical (unpaired) electrons. The van der Waals surface area contributed by atoms with Gasteiger partial charge in [0.05, 0.1) is 22.4 Å². The minimum Gasteiger partial charge on any atom is -0.478 e. The first-order chi connectivity index (χ1) is 9.59. The van der Waals surface area contributed by atoms with Crippen LogP contribution in [0.4, 0.5) is 5.69 Å². The summed E-state index contributed by atoms with van der Waals surface area (Å²) in [6.45, 7) is 0. The zero-order valence-corrected chi connectivity index (χ0v) is 10.1. The number of anilines is 1. The Morgan fingerprint density at radius 2 is 1.85 bits per heavy atom. The van der Waals surface area contributed by atoms with E-state index in [9.17, 15) is 14.4 Å². The molecule has 1 aliphatic rings. The maximum absolute atomic E-state index is 12.2. The molecule has 0 spiro atoms. The van der Waals surface area contributed by atoms with Crippen LogP contribution in [0.1, 0.15) is 31.1 Å². The molecule has 2 amide bonds. The molecule has 6 heteroatoms. The van der Waals surface area contributed by atoms with Crippen LogP contribution in [0.25, 0.3) is 0 Å². The summed E-state index contributed by atoms with van der Waals surface area (Å²) in [5, 5.41) is 8.96. The molecule has 6 nitrogen and oxygen atoms in total. The van der Waals surface area contributed by atoms with Crippen LogP contribution < -0.4 is 4.90 Å². The van der Waals surface area contributed by atoms with E-state index < -0.39 is 17.8 Å². The van der Waals surface area contributed by atoms with E-state index in [4.69, 9.17) is 5.11 Å². The number of benzene rings is 1. The molecule has 1 N–H and O–H groups in total. The first kappa shape index (κ1) is 12.0. The Kier molecular flexibility index (Phi) is 2.57. The lowest BCUT2D eigenvalue weighted by molar-refractivity contribution is 0.0695. The van der Waals surface area contributed by atoms with Crippen molar-refractivity contribution < 1.29 is 19.5 Å². The smallest absolute Gasteiger partial charge is 0.335 e. The van der Waals surface area contributed by atoms with Gasteiger partial charge in [0.25, 0.3) is 11.8 Å². The number of aromatic carboxylic acids is 1. The molecule has 2 heterocycles. The van der Waals surface area contributed by atoms with E-state index in [0.29, 0.717) is 0 Å². The number of imide groups is 1. The number of hydrogen-bond acceptors (Lipinski definition) is 4. The lowest BCUT2D eigenvalue weighted by Gasteiger charge is -2.14. The summed E-state index contributed by atoms with van der Waals surface area (Å²) in [5.74, 6) is -2.10. The van der Waals surface area contributed by atoms with Crippen LogP contribution in [0.3, 0.4) is 0 Å². The zero-order chi connectivity index (χ0) is 14.3. The molecule has 0 saturated heterocycles. The third-order valence-electron chi connectivity index (χ3n) is 3.04. The minimum absolute atomic E-state index is 0.0113. The lowest BCUT2D eigenvalue weighted by Crippen LogP contribution is -2.29. The lowest BCUT2D eigenvalue weighted by atomic mass is 10.2. The monoisotopic (exact) mass is 268 g/mol. The summed E-state index contributed by atoms with van der Waals surface area (Å²) in [5.41, 5.74) is 0.734. The maximum atomic E-state index is 12.2. The quantitative estimate of drug-likeness (QED) is 0.835. The summed E-state index contributed by atoms with van der Waals surface area (Å²) in [6.07, 6.45) is 2.76. The van der Waals surface area contributed by atoms with E-state index >= 15 is 0 Å². The van der Waals surface area contributed by atoms with Gasteiger partial charge in [-0.2, -0.15) is 0 Å². The molecule has 0 saturated carbocycles. The number of amides is 2. The molecule has 98 valence electrons. The Bertz CT molecular complexity index is 719. The largest absolute Gasteiger partial charge is 0.478 e. The summed E-state index contributed by atoms with van der Waals surface area (Å²) in [6, 6.07) is 7.15. The normalized spacial score (nSPS) is 13.5. The van der Waals surface area contributed by atoms with Crippen LogP contribution in [0.15, 0.2) is 42.7 Å². The van der Waals surface area contributed by atoms with Gasteiger partial charge in [-0.25, -0.2) is 9.69 Å². The van der Waals surface area contributed by atoms with Crippen LogP contribution in [0, 0.1) is 0 Å². The average molecular weight is 268 g/mol. The van der Waals surface area contributed by atoms with Crippen LogP contribution in [-0.2, 0) is 0 Å². The number of hydrogen-bond donors (Lipinski definition) is 1. The number of carboxylic acids is 1. The molecule has 0 atom stereocenters. The number of pyridine rings is 1. The van der Waals surface area contributed by atoms with Gasteiger partial charge in [-0.15, -0.1) is 0 Å². The average Bonchev–Trinajstić information content (AvgIpc) is 2.72. The number of rotatable bonds is 2. The first-order valence-electron chi connectivity index (χ1n) is 5.76. The van der Waals surface area contributed by atoms with Crippen molar-refractivity contribution in [3.63, 3.8) is 0 Å². The third-order valence-corrected chi connectivity index (χ3v) is 3.04. The van der Waals surface area contributed by atoms with Crippen molar-refractivity contribution in [3.05, 3.63) is 59.4 Å². The van der Waals surface area contributed by atoms with E-state index in [2.05, 4.69) is 4.98 Å². The zero-order valence-electron chi connectivity index (χ0n) is 10.1. The third kappa shape index (κ3) is 1.66. The number of carbonyl (C=O) groups excluding carboxylic acids is 2. The second-order valence-electron chi connectivity index (χ2n) is 4.22. The van der Waals surface area contributed by atoms with Crippen LogP contribution >= 0.6 is 0 Å². The Balaban J connectivity index is 2.09. The molecule has 0 unspecified atom stereocenters. The second kappa shape index (κ2) is 4.27. The first-order valence-corrected chi connectivity index (χ1v) is 5.76. The highest BCUT2D eigenvalue weighted by Gasteiger charge is 2.36. The van der Waals surface area contributed by atoms with Crippen LogP contribution in [-0.4, -0.2) is 27.9 Å². The Labute approximate surface area is 113 Å². The molecular formula is C14H8N2O4. The predicted molar refractivity (Wildman–Crippen MR) is 68.8 cm³/mol. The second-order valence-corrected chi connectivity index (χ2v) is 4.22. The minimum atomic E-state index is -1.12. The number of carbonyl (C=O) groups is 3. The molecule has 3 rings (SSSR count). The summed E-state index contributed by atoms with van der Waals surface area (Å²) < 4.78 is 0. The van der Waals surface area contributed by atoms with E-state index in [-0.39, 0.29) is 22.4 Å². The van der Waals surface area contributed by atoms with Crippen molar-refractivity contribution in [2.45, 2.75) is 0 Å². The molecular weight excluding hydrogens is 260 g/mol. The van der Waals surface area contributed by atoms with Gasteiger partial charge in [-0.3, -0.25) is 14.6 Å². The van der Waals surface area contributed by atoms with Crippen LogP contribution in [0.2, 0.25) is 0 Å². The van der Waals surface area contributed by atoms with Gasteiger partial charge in [-0.05, 0) is 24.3 Å². The standard InChI is InChI=1S/C14H8N2O4/c17-12-10-4-5-15-7-11(10)13(18)16(12)9-3-1-2-8(6-9)14(19)20/h1-7H,(H,19,20). The number of aromatic nitrogens is 1. The molecule has 1 aromatic heterocycles. The highest BCUT2D eigenvalue weighted by atomic mass is 16.4. The Morgan fingerprint density at radius 1 is 1.10 bits per heavy atom. The fraction of sp³-hybridized carbons (Fsp3) is 0. The van der Waals surface area contributed by atoms with E-state index in [1.165, 1.54) is 42.7 Å². The van der Waals surface area contributed by atoms with Gasteiger partial charge in [0.1, 0.15) is 0 Å². The number of fused-ring (bicyclic) bond motifs is 1. The SMILES string of the molecule is O=C(O)c1cccc(N2C(=O)c3ccncc3C2=O)c1. The highest BCUT2D eigenvalue weighted by Crippen LogP contribution is 2.28. The molecule has 2 aromatic rings. The molecule has 0 aliphatic carbocycles. The maximum Gasteiger partial charge on any atom is 0.335 e. The summed E-state index contributed by atoms with van der Waals surface area (Å²) >= 11 is 0. The Hall–Kier alpha value is -3.02. The van der Waals surface area contributed by atoms with Crippen molar-refractivity contribution in [1.82, 2.24) is 4.98 Å². The van der Waals surface area contributed by atoms with Crippen molar-refractivity contribution in [2.75, 3.05) is 4.90 Å². The molecule has 0 bridgehead atoms. The molecule has 1 aliphatic heterocycles. The summed E-state index contributed by atoms with van der Waals surface area (Å²) in [4.78, 5) is 40.2. The predicted octanol–water partition coefficient (Wildman–Crippen LogP) is 1.58. The van der Waals surface area contributed by atoms with Crippen molar-refractivity contribution in [1.29, 1.82) is 0 Å². The van der Waals surface area contributed by atoms with E-state index in [1.54, 1.807) is 0 Å². The van der Waals surface area contributed by atoms with Gasteiger partial charge in [-0.1, -0.05) is 6.07 Å². The molecule has 1 aromatic carbocycles. The topological polar surface area (TPSA) is 87.6 Å². The fourth-order valence-electron chi connectivity index (χ4n) is 2.10. The Morgan fingerprint density at radius 3 is 2.55 bits per heavy atom. The fourth-order valence-corrected chi connectivity index (χ4v) is 2.10. The van der Waals surface area contributed by atoms with Crippen LogP contribution in [0.5, 0.6) is 0 Å². The molecule has 0 fully saturated rings. The van der Waals surface area contributed by atoms with Crippen molar-refractivity contribution in [2.24, 2.45) is 0 Å².